The van der Waals surface area contributed by atoms with E-state index in [-0.39, 0.29) is 12.6 Å². The van der Waals surface area contributed by atoms with E-state index in [1.807, 2.05) is 0 Å². The molecule has 0 amide bonds. The lowest BCUT2D eigenvalue weighted by molar-refractivity contribution is -0.144. The van der Waals surface area contributed by atoms with Crippen LogP contribution in [0.3, 0.4) is 0 Å². The summed E-state index contributed by atoms with van der Waals surface area (Å²) >= 11 is 0. The second-order valence-corrected chi connectivity index (χ2v) is 4.00. The van der Waals surface area contributed by atoms with Crippen LogP contribution in [0.15, 0.2) is 18.2 Å². The van der Waals surface area contributed by atoms with Crippen molar-refractivity contribution in [1.82, 2.24) is 9.55 Å². The number of anilines is 1. The number of methoxy groups -OCH3 is 1. The van der Waals surface area contributed by atoms with Crippen molar-refractivity contribution in [3.63, 3.8) is 0 Å². The van der Waals surface area contributed by atoms with Gasteiger partial charge in [-0.2, -0.15) is 0 Å². The monoisotopic (exact) mass is 249 g/mol. The number of nitrogen functional groups attached to an aromatic ring is 1. The summed E-state index contributed by atoms with van der Waals surface area (Å²) in [7, 11) is 1.33. The lowest BCUT2D eigenvalue weighted by Crippen LogP contribution is -2.19. The van der Waals surface area contributed by atoms with Gasteiger partial charge in [-0.25, -0.2) is 9.78 Å². The second kappa shape index (κ2) is 4.66. The fourth-order valence-electron chi connectivity index (χ4n) is 1.99. The van der Waals surface area contributed by atoms with Crippen LogP contribution in [0.5, 0.6) is 0 Å². The van der Waals surface area contributed by atoms with Gasteiger partial charge in [-0.05, 0) is 25.1 Å². The average molecular weight is 249 g/mol. The molecule has 2 aromatic rings. The van der Waals surface area contributed by atoms with Gasteiger partial charge in [-0.1, -0.05) is 0 Å². The van der Waals surface area contributed by atoms with Crippen LogP contribution in [0, 0.1) is 0 Å². The number of aliphatic hydroxyl groups is 1. The number of nitrogens with zero attached hydrogens (tertiary/aromatic N) is 2. The van der Waals surface area contributed by atoms with Crippen LogP contribution >= 0.6 is 0 Å². The first-order valence-electron chi connectivity index (χ1n) is 5.53. The van der Waals surface area contributed by atoms with Crippen LogP contribution in [0.2, 0.25) is 0 Å². The van der Waals surface area contributed by atoms with Crippen LogP contribution in [0.4, 0.5) is 5.69 Å². The largest absolute Gasteiger partial charge is 0.467 e. The van der Waals surface area contributed by atoms with Gasteiger partial charge in [0, 0.05) is 5.69 Å². The molecule has 0 aliphatic rings. The summed E-state index contributed by atoms with van der Waals surface area (Å²) in [4.78, 5) is 15.9. The first-order valence-corrected chi connectivity index (χ1v) is 5.53. The minimum atomic E-state index is -0.550. The lowest BCUT2D eigenvalue weighted by atomic mass is 10.2. The number of aliphatic hydroxyl groups excluding tert-OH is 1. The number of hydrogen-bond donors (Lipinski definition) is 2. The Balaban J connectivity index is 2.63. The molecule has 1 aromatic carbocycles. The van der Waals surface area contributed by atoms with Crippen LogP contribution in [-0.2, 0) is 16.1 Å². The van der Waals surface area contributed by atoms with Crippen molar-refractivity contribution >= 4 is 22.7 Å². The van der Waals surface area contributed by atoms with Gasteiger partial charge < -0.3 is 20.1 Å². The molecule has 2 rings (SSSR count). The highest BCUT2D eigenvalue weighted by Gasteiger charge is 2.21. The summed E-state index contributed by atoms with van der Waals surface area (Å²) in [5.74, 6) is 0.0225. The van der Waals surface area contributed by atoms with E-state index >= 15 is 0 Å². The Kier molecular flexibility index (Phi) is 3.20. The minimum Gasteiger partial charge on any atom is -0.467 e. The highest BCUT2D eigenvalue weighted by Crippen LogP contribution is 2.23. The molecule has 0 aliphatic heterocycles. The summed E-state index contributed by atoms with van der Waals surface area (Å²) in [6.07, 6.45) is 0. The van der Waals surface area contributed by atoms with Crippen molar-refractivity contribution in [2.24, 2.45) is 0 Å². The molecule has 0 saturated carbocycles. The summed E-state index contributed by atoms with van der Waals surface area (Å²) in [5.41, 5.74) is 7.66. The quantitative estimate of drug-likeness (QED) is 0.621. The van der Waals surface area contributed by atoms with Crippen LogP contribution in [0.1, 0.15) is 18.8 Å². The normalized spacial score (nSPS) is 12.6. The first-order chi connectivity index (χ1) is 8.58. The highest BCUT2D eigenvalue weighted by molar-refractivity contribution is 5.83. The summed E-state index contributed by atoms with van der Waals surface area (Å²) in [6.45, 7) is 1.44. The molecule has 0 radical (unpaired) electrons. The molecule has 3 N–H and O–H groups in total. The van der Waals surface area contributed by atoms with E-state index in [0.717, 1.165) is 5.52 Å². The van der Waals surface area contributed by atoms with Gasteiger partial charge >= 0.3 is 5.97 Å². The van der Waals surface area contributed by atoms with Gasteiger partial charge in [0.05, 0.1) is 18.1 Å². The van der Waals surface area contributed by atoms with Gasteiger partial charge in [-0.3, -0.25) is 0 Å². The number of esters is 1. The fraction of sp³-hybridized carbons (Fsp3) is 0.333. The molecule has 0 spiro atoms. The molecule has 6 heteroatoms. The number of nitrogens with two attached hydrogens (primary N) is 1. The predicted molar refractivity (Wildman–Crippen MR) is 66.8 cm³/mol. The molecule has 18 heavy (non-hydrogen) atoms. The Hall–Kier alpha value is -2.08. The first kappa shape index (κ1) is 12.4. The molecule has 0 saturated heterocycles. The number of rotatable bonds is 3. The molecule has 0 fully saturated rings. The predicted octanol–water partition coefficient (Wildman–Crippen LogP) is 0.845. The van der Waals surface area contributed by atoms with E-state index in [1.165, 1.54) is 7.11 Å². The van der Waals surface area contributed by atoms with Crippen LogP contribution in [-0.4, -0.2) is 27.7 Å². The van der Waals surface area contributed by atoms with Gasteiger partial charge in [0.15, 0.2) is 0 Å². The van der Waals surface area contributed by atoms with Crippen molar-refractivity contribution in [3.8, 4) is 0 Å². The molecular formula is C12H15N3O3. The highest BCUT2D eigenvalue weighted by atomic mass is 16.5. The van der Waals surface area contributed by atoms with E-state index < -0.39 is 6.04 Å². The third-order valence-corrected chi connectivity index (χ3v) is 2.86. The van der Waals surface area contributed by atoms with E-state index in [1.54, 1.807) is 29.7 Å². The number of benzene rings is 1. The summed E-state index contributed by atoms with van der Waals surface area (Å²) < 4.78 is 6.37. The van der Waals surface area contributed by atoms with Gasteiger partial charge in [0.25, 0.3) is 0 Å². The zero-order chi connectivity index (χ0) is 13.3. The van der Waals surface area contributed by atoms with Crippen molar-refractivity contribution in [3.05, 3.63) is 24.0 Å². The Bertz CT molecular complexity index is 592. The number of carbonyl (C=O) groups is 1. The lowest BCUT2D eigenvalue weighted by Gasteiger charge is -2.14. The van der Waals surface area contributed by atoms with Gasteiger partial charge in [0.1, 0.15) is 18.5 Å². The standard InChI is InChI=1S/C12H15N3O3/c1-7(12(17)18-2)15-10-4-3-8(13)5-9(10)14-11(15)6-16/h3-5,7,16H,6,13H2,1-2H3. The Morgan fingerprint density at radius 3 is 2.94 bits per heavy atom. The molecule has 1 atom stereocenters. The topological polar surface area (TPSA) is 90.4 Å². The maximum atomic E-state index is 11.6. The number of aromatic nitrogens is 2. The Morgan fingerprint density at radius 1 is 1.61 bits per heavy atom. The minimum absolute atomic E-state index is 0.254. The third kappa shape index (κ3) is 1.91. The van der Waals surface area contributed by atoms with Gasteiger partial charge in [-0.15, -0.1) is 0 Å². The Labute approximate surface area is 104 Å². The van der Waals surface area contributed by atoms with E-state index in [0.29, 0.717) is 17.0 Å². The third-order valence-electron chi connectivity index (χ3n) is 2.86. The number of carbonyl (C=O) groups excluding carboxylic acids is 1. The van der Waals surface area contributed by atoms with E-state index in [2.05, 4.69) is 4.98 Å². The van der Waals surface area contributed by atoms with E-state index in [9.17, 15) is 9.90 Å². The summed E-state index contributed by atoms with van der Waals surface area (Å²) in [6, 6.07) is 4.66. The molecule has 6 nitrogen and oxygen atoms in total. The number of hydrogen-bond acceptors (Lipinski definition) is 5. The number of fused-ring (bicyclic) bond motifs is 1. The maximum absolute atomic E-state index is 11.6. The molecule has 1 aromatic heterocycles. The molecule has 0 bridgehead atoms. The zero-order valence-electron chi connectivity index (χ0n) is 10.3. The molecular weight excluding hydrogens is 234 g/mol. The van der Waals surface area contributed by atoms with Crippen molar-refractivity contribution < 1.29 is 14.6 Å². The number of imidazole rings is 1. The maximum Gasteiger partial charge on any atom is 0.328 e. The van der Waals surface area contributed by atoms with Crippen LogP contribution in [0.25, 0.3) is 11.0 Å². The molecule has 1 heterocycles. The molecule has 0 aliphatic carbocycles. The number of ether oxygens (including phenoxy) is 1. The van der Waals surface area contributed by atoms with Gasteiger partial charge in [0.2, 0.25) is 0 Å². The second-order valence-electron chi connectivity index (χ2n) is 4.00. The average Bonchev–Trinajstić information content (AvgIpc) is 2.74. The fourth-order valence-corrected chi connectivity index (χ4v) is 1.99. The smallest absolute Gasteiger partial charge is 0.328 e. The van der Waals surface area contributed by atoms with E-state index in [4.69, 9.17) is 10.5 Å². The molecule has 96 valence electrons. The Morgan fingerprint density at radius 2 is 2.33 bits per heavy atom. The summed E-state index contributed by atoms with van der Waals surface area (Å²) in [5, 5.41) is 9.33. The van der Waals surface area contributed by atoms with Crippen molar-refractivity contribution in [2.45, 2.75) is 19.6 Å². The zero-order valence-corrected chi connectivity index (χ0v) is 10.3. The SMILES string of the molecule is COC(=O)C(C)n1c(CO)nc2cc(N)ccc21. The van der Waals surface area contributed by atoms with Crippen molar-refractivity contribution in [2.75, 3.05) is 12.8 Å². The van der Waals surface area contributed by atoms with Crippen LogP contribution < -0.4 is 5.73 Å². The van der Waals surface area contributed by atoms with Crippen molar-refractivity contribution in [1.29, 1.82) is 0 Å². The molecule has 1 unspecified atom stereocenters.